The molecule has 1 aromatic heterocycles. The number of hydrogen-bond acceptors (Lipinski definition) is 3. The van der Waals surface area contributed by atoms with Crippen LogP contribution in [0.5, 0.6) is 0 Å². The number of benzene rings is 1. The fourth-order valence-corrected chi connectivity index (χ4v) is 2.65. The molecule has 2 rings (SSSR count). The fraction of sp³-hybridized carbons (Fsp3) is 0.500. The number of nitrogens with zero attached hydrogens (tertiary/aromatic N) is 3. The summed E-state index contributed by atoms with van der Waals surface area (Å²) in [6.07, 6.45) is 4.77. The molecule has 0 spiro atoms. The van der Waals surface area contributed by atoms with Crippen molar-refractivity contribution in [3.63, 3.8) is 0 Å². The van der Waals surface area contributed by atoms with Gasteiger partial charge >= 0.3 is 0 Å². The van der Waals surface area contributed by atoms with Crippen LogP contribution in [-0.4, -0.2) is 33.4 Å². The molecule has 120 valence electrons. The molecule has 1 aromatic carbocycles. The standard InChI is InChI=1S/C18H27N3O/c1-18(2,3)21-14-15(12-19-21)13-20(4)17(10-11-22)16-8-6-5-7-9-16/h5-9,12,14,17,22H,10-11,13H2,1-4H3. The molecule has 1 unspecified atom stereocenters. The molecule has 0 aliphatic carbocycles. The largest absolute Gasteiger partial charge is 0.396 e. The Morgan fingerprint density at radius 1 is 1.23 bits per heavy atom. The van der Waals surface area contributed by atoms with Crippen LogP contribution in [0.2, 0.25) is 0 Å². The van der Waals surface area contributed by atoms with Gasteiger partial charge in [0.25, 0.3) is 0 Å². The van der Waals surface area contributed by atoms with Crippen LogP contribution in [0.25, 0.3) is 0 Å². The summed E-state index contributed by atoms with van der Waals surface area (Å²) in [6.45, 7) is 7.44. The third kappa shape index (κ3) is 4.18. The first-order valence-corrected chi connectivity index (χ1v) is 7.82. The predicted molar refractivity (Wildman–Crippen MR) is 89.6 cm³/mol. The summed E-state index contributed by atoms with van der Waals surface area (Å²) >= 11 is 0. The molecular formula is C18H27N3O. The van der Waals surface area contributed by atoms with Crippen LogP contribution in [-0.2, 0) is 12.1 Å². The van der Waals surface area contributed by atoms with Crippen LogP contribution in [0.1, 0.15) is 44.4 Å². The molecule has 1 N–H and O–H groups in total. The van der Waals surface area contributed by atoms with E-state index in [0.29, 0.717) is 0 Å². The summed E-state index contributed by atoms with van der Waals surface area (Å²) in [5, 5.41) is 13.8. The number of rotatable bonds is 6. The third-order valence-electron chi connectivity index (χ3n) is 3.87. The SMILES string of the molecule is CN(Cc1cnn(C(C)(C)C)c1)C(CCO)c1ccccc1. The van der Waals surface area contributed by atoms with E-state index in [4.69, 9.17) is 0 Å². The van der Waals surface area contributed by atoms with Crippen LogP contribution in [0.3, 0.4) is 0 Å². The second-order valence-electron chi connectivity index (χ2n) is 6.82. The summed E-state index contributed by atoms with van der Waals surface area (Å²) in [5.74, 6) is 0. The van der Waals surface area contributed by atoms with E-state index >= 15 is 0 Å². The lowest BCUT2D eigenvalue weighted by Crippen LogP contribution is -2.25. The van der Waals surface area contributed by atoms with Gasteiger partial charge in [0.2, 0.25) is 0 Å². The quantitative estimate of drug-likeness (QED) is 0.891. The molecule has 1 heterocycles. The van der Waals surface area contributed by atoms with Gasteiger partial charge in [-0.1, -0.05) is 30.3 Å². The molecule has 0 radical (unpaired) electrons. The molecule has 1 atom stereocenters. The number of hydrogen-bond donors (Lipinski definition) is 1. The highest BCUT2D eigenvalue weighted by molar-refractivity contribution is 5.19. The molecule has 2 aromatic rings. The molecule has 0 aliphatic rings. The van der Waals surface area contributed by atoms with Crippen molar-refractivity contribution in [3.8, 4) is 0 Å². The van der Waals surface area contributed by atoms with Gasteiger partial charge in [-0.3, -0.25) is 9.58 Å². The van der Waals surface area contributed by atoms with E-state index in [1.54, 1.807) is 0 Å². The minimum Gasteiger partial charge on any atom is -0.396 e. The first-order valence-electron chi connectivity index (χ1n) is 7.82. The van der Waals surface area contributed by atoms with Gasteiger partial charge in [0, 0.05) is 31.0 Å². The molecular weight excluding hydrogens is 274 g/mol. The van der Waals surface area contributed by atoms with Crippen molar-refractivity contribution in [1.29, 1.82) is 0 Å². The Morgan fingerprint density at radius 3 is 2.45 bits per heavy atom. The normalized spacial score (nSPS) is 13.5. The number of aliphatic hydroxyl groups is 1. The molecule has 0 fully saturated rings. The summed E-state index contributed by atoms with van der Waals surface area (Å²) < 4.78 is 2.00. The van der Waals surface area contributed by atoms with Crippen molar-refractivity contribution >= 4 is 0 Å². The van der Waals surface area contributed by atoms with Gasteiger partial charge in [-0.15, -0.1) is 0 Å². The monoisotopic (exact) mass is 301 g/mol. The Labute approximate surface area is 133 Å². The average molecular weight is 301 g/mol. The van der Waals surface area contributed by atoms with E-state index in [0.717, 1.165) is 13.0 Å². The first-order chi connectivity index (χ1) is 10.4. The van der Waals surface area contributed by atoms with Crippen LogP contribution >= 0.6 is 0 Å². The molecule has 0 saturated heterocycles. The molecule has 0 saturated carbocycles. The zero-order chi connectivity index (χ0) is 16.2. The molecule has 0 bridgehead atoms. The highest BCUT2D eigenvalue weighted by Crippen LogP contribution is 2.24. The highest BCUT2D eigenvalue weighted by atomic mass is 16.3. The van der Waals surface area contributed by atoms with Crippen molar-refractivity contribution in [3.05, 3.63) is 53.9 Å². The maximum atomic E-state index is 9.38. The molecule has 4 nitrogen and oxygen atoms in total. The number of aliphatic hydroxyl groups excluding tert-OH is 1. The third-order valence-corrected chi connectivity index (χ3v) is 3.87. The summed E-state index contributed by atoms with van der Waals surface area (Å²) in [7, 11) is 2.10. The summed E-state index contributed by atoms with van der Waals surface area (Å²) in [6, 6.07) is 10.6. The van der Waals surface area contributed by atoms with Gasteiger partial charge in [0.1, 0.15) is 0 Å². The van der Waals surface area contributed by atoms with Crippen LogP contribution in [0.4, 0.5) is 0 Å². The second kappa shape index (κ2) is 7.07. The van der Waals surface area contributed by atoms with Gasteiger partial charge in [0.05, 0.1) is 11.7 Å². The lowest BCUT2D eigenvalue weighted by atomic mass is 10.0. The molecule has 0 aliphatic heterocycles. The van der Waals surface area contributed by atoms with Crippen molar-refractivity contribution < 1.29 is 5.11 Å². The fourth-order valence-electron chi connectivity index (χ4n) is 2.65. The van der Waals surface area contributed by atoms with E-state index < -0.39 is 0 Å². The maximum Gasteiger partial charge on any atom is 0.0543 e. The lowest BCUT2D eigenvalue weighted by molar-refractivity contribution is 0.180. The van der Waals surface area contributed by atoms with E-state index in [-0.39, 0.29) is 18.2 Å². The minimum atomic E-state index is 0.000745. The van der Waals surface area contributed by atoms with Crippen molar-refractivity contribution in [1.82, 2.24) is 14.7 Å². The Hall–Kier alpha value is -1.65. The van der Waals surface area contributed by atoms with Crippen LogP contribution < -0.4 is 0 Å². The van der Waals surface area contributed by atoms with Crippen molar-refractivity contribution in [2.75, 3.05) is 13.7 Å². The Morgan fingerprint density at radius 2 is 1.91 bits per heavy atom. The smallest absolute Gasteiger partial charge is 0.0543 e. The van der Waals surface area contributed by atoms with E-state index in [2.05, 4.69) is 56.1 Å². The maximum absolute atomic E-state index is 9.38. The Bertz CT molecular complexity index is 572. The van der Waals surface area contributed by atoms with Gasteiger partial charge in [0.15, 0.2) is 0 Å². The molecule has 4 heteroatoms. The predicted octanol–water partition coefficient (Wildman–Crippen LogP) is 3.19. The first kappa shape index (κ1) is 16.7. The average Bonchev–Trinajstić information content (AvgIpc) is 2.94. The highest BCUT2D eigenvalue weighted by Gasteiger charge is 2.19. The van der Waals surface area contributed by atoms with Gasteiger partial charge < -0.3 is 5.11 Å². The second-order valence-corrected chi connectivity index (χ2v) is 6.82. The van der Waals surface area contributed by atoms with Gasteiger partial charge in [-0.2, -0.15) is 5.10 Å². The van der Waals surface area contributed by atoms with E-state index in [9.17, 15) is 5.11 Å². The topological polar surface area (TPSA) is 41.3 Å². The lowest BCUT2D eigenvalue weighted by Gasteiger charge is -2.27. The van der Waals surface area contributed by atoms with E-state index in [1.807, 2.05) is 29.1 Å². The summed E-state index contributed by atoms with van der Waals surface area (Å²) in [5.41, 5.74) is 2.43. The van der Waals surface area contributed by atoms with Crippen molar-refractivity contribution in [2.24, 2.45) is 0 Å². The van der Waals surface area contributed by atoms with E-state index in [1.165, 1.54) is 11.1 Å². The number of aromatic nitrogens is 2. The van der Waals surface area contributed by atoms with Gasteiger partial charge in [-0.05, 0) is 39.8 Å². The van der Waals surface area contributed by atoms with Gasteiger partial charge in [-0.25, -0.2) is 0 Å². The minimum absolute atomic E-state index is 0.000745. The van der Waals surface area contributed by atoms with Crippen molar-refractivity contribution in [2.45, 2.75) is 45.3 Å². The Kier molecular flexibility index (Phi) is 5.37. The summed E-state index contributed by atoms with van der Waals surface area (Å²) in [4.78, 5) is 2.27. The van der Waals surface area contributed by atoms with Crippen LogP contribution in [0, 0.1) is 0 Å². The molecule has 0 amide bonds. The van der Waals surface area contributed by atoms with Crippen LogP contribution in [0.15, 0.2) is 42.7 Å². The molecule has 22 heavy (non-hydrogen) atoms. The zero-order valence-electron chi connectivity index (χ0n) is 14.0. The Balaban J connectivity index is 2.11. The zero-order valence-corrected chi connectivity index (χ0v) is 14.0.